The van der Waals surface area contributed by atoms with Crippen LogP contribution in [0.15, 0.2) is 82.9 Å². The molecule has 0 bridgehead atoms. The molecule has 210 valence electrons. The van der Waals surface area contributed by atoms with E-state index in [4.69, 9.17) is 4.99 Å². The van der Waals surface area contributed by atoms with Crippen molar-refractivity contribution in [1.29, 1.82) is 0 Å². The predicted molar refractivity (Wildman–Crippen MR) is 173 cm³/mol. The molecule has 0 spiro atoms. The maximum absolute atomic E-state index is 5.02. The molecule has 4 rings (SSSR count). The number of rotatable bonds is 9. The number of likely N-dealkylation sites (tertiary alicyclic amines) is 1. The van der Waals surface area contributed by atoms with Gasteiger partial charge < -0.3 is 10.2 Å². The molecule has 7 heteroatoms. The summed E-state index contributed by atoms with van der Waals surface area (Å²) in [5, 5.41) is 4.50. The lowest BCUT2D eigenvalue weighted by molar-refractivity contribution is 0.0874. The van der Waals surface area contributed by atoms with Crippen molar-refractivity contribution in [1.82, 2.24) is 20.0 Å². The highest BCUT2D eigenvalue weighted by Crippen LogP contribution is 2.30. The van der Waals surface area contributed by atoms with Crippen LogP contribution in [0.4, 0.5) is 0 Å². The number of nitrogens with one attached hydrogen (secondary N) is 1. The topological polar surface area (TPSA) is 34.1 Å². The second kappa shape index (κ2) is 14.0. The van der Waals surface area contributed by atoms with E-state index in [2.05, 4.69) is 131 Å². The van der Waals surface area contributed by atoms with E-state index in [-0.39, 0.29) is 0 Å². The molecule has 4 atom stereocenters. The summed E-state index contributed by atoms with van der Waals surface area (Å²) in [6.07, 6.45) is 4.52. The van der Waals surface area contributed by atoms with Gasteiger partial charge in [-0.3, -0.25) is 14.8 Å². The lowest BCUT2D eigenvalue weighted by atomic mass is 10.0. The summed E-state index contributed by atoms with van der Waals surface area (Å²) in [6.45, 7) is 20.4. The third-order valence-corrected chi connectivity index (χ3v) is 9.30. The lowest BCUT2D eigenvalue weighted by Gasteiger charge is -2.46. The van der Waals surface area contributed by atoms with Crippen LogP contribution in [0.2, 0.25) is 0 Å². The fourth-order valence-corrected chi connectivity index (χ4v) is 6.58. The molecule has 4 unspecified atom stereocenters. The van der Waals surface area contributed by atoms with Gasteiger partial charge in [-0.25, -0.2) is 0 Å². The van der Waals surface area contributed by atoms with Crippen LogP contribution in [0.5, 0.6) is 0 Å². The van der Waals surface area contributed by atoms with Gasteiger partial charge in [-0.1, -0.05) is 83.3 Å². The van der Waals surface area contributed by atoms with E-state index in [1.165, 1.54) is 24.0 Å². The van der Waals surface area contributed by atoms with Crippen LogP contribution in [0, 0.1) is 0 Å². The van der Waals surface area contributed by atoms with Crippen molar-refractivity contribution in [2.24, 2.45) is 4.99 Å². The standard InChI is InChI=1S/C32H44BrN5S/c1-23(20-36-21-25(3)38(22-24(36)2)27(5)28-11-8-7-9-12-28)35-32(39-6)34-19-31-13-10-18-37(31)26(4)29-14-16-30(33)17-15-29/h7-9,11-12,14-17,24-26,31H,1,5,10,13,18-22H2,2-4,6H3,(H,34,35). The van der Waals surface area contributed by atoms with Crippen molar-refractivity contribution in [3.8, 4) is 0 Å². The Bertz CT molecular complexity index is 1140. The molecule has 39 heavy (non-hydrogen) atoms. The van der Waals surface area contributed by atoms with Crippen molar-refractivity contribution >= 4 is 38.6 Å². The third-order valence-electron chi connectivity index (χ3n) is 8.16. The van der Waals surface area contributed by atoms with E-state index < -0.39 is 0 Å². The quantitative estimate of drug-likeness (QED) is 0.248. The summed E-state index contributed by atoms with van der Waals surface area (Å²) in [5.41, 5.74) is 4.67. The molecule has 2 fully saturated rings. The molecule has 0 aliphatic carbocycles. The zero-order valence-corrected chi connectivity index (χ0v) is 26.3. The van der Waals surface area contributed by atoms with Crippen LogP contribution in [-0.2, 0) is 0 Å². The molecule has 2 aliphatic heterocycles. The Hall–Kier alpha value is -2.06. The van der Waals surface area contributed by atoms with E-state index in [0.717, 1.165) is 53.8 Å². The molecule has 0 radical (unpaired) electrons. The second-order valence-electron chi connectivity index (χ2n) is 10.9. The van der Waals surface area contributed by atoms with E-state index in [0.29, 0.717) is 24.2 Å². The molecule has 0 amide bonds. The number of hydrogen-bond acceptors (Lipinski definition) is 5. The van der Waals surface area contributed by atoms with Gasteiger partial charge in [0, 0.05) is 59.7 Å². The molecule has 2 heterocycles. The normalized spacial score (nSPS) is 23.6. The van der Waals surface area contributed by atoms with Gasteiger partial charge in [0.15, 0.2) is 5.17 Å². The predicted octanol–water partition coefficient (Wildman–Crippen LogP) is 6.86. The highest BCUT2D eigenvalue weighted by molar-refractivity contribution is 9.10. The Morgan fingerprint density at radius 1 is 1.08 bits per heavy atom. The van der Waals surface area contributed by atoms with Crippen LogP contribution < -0.4 is 5.32 Å². The molecular weight excluding hydrogens is 566 g/mol. The number of hydrogen-bond donors (Lipinski definition) is 1. The summed E-state index contributed by atoms with van der Waals surface area (Å²) in [7, 11) is 0. The third kappa shape index (κ3) is 7.78. The lowest BCUT2D eigenvalue weighted by Crippen LogP contribution is -2.56. The highest BCUT2D eigenvalue weighted by Gasteiger charge is 2.31. The zero-order chi connectivity index (χ0) is 27.9. The summed E-state index contributed by atoms with van der Waals surface area (Å²) in [4.78, 5) is 12.6. The minimum absolute atomic E-state index is 0.386. The monoisotopic (exact) mass is 609 g/mol. The molecule has 2 aromatic carbocycles. The van der Waals surface area contributed by atoms with Crippen molar-refractivity contribution < 1.29 is 0 Å². The molecule has 2 aromatic rings. The smallest absolute Gasteiger partial charge is 0.160 e. The van der Waals surface area contributed by atoms with Crippen molar-refractivity contribution in [2.75, 3.05) is 39.0 Å². The number of thioether (sulfide) groups is 1. The Kier molecular flexibility index (Phi) is 10.8. The Labute approximate surface area is 248 Å². The minimum Gasteiger partial charge on any atom is -0.366 e. The Morgan fingerprint density at radius 3 is 2.49 bits per heavy atom. The van der Waals surface area contributed by atoms with Crippen LogP contribution in [0.3, 0.4) is 0 Å². The summed E-state index contributed by atoms with van der Waals surface area (Å²) in [5.74, 6) is 0. The minimum atomic E-state index is 0.386. The SMILES string of the molecule is C=C(CN1CC(C)N(C(=C)c2ccccc2)CC1C)NC(=NCC1CCCN1C(C)c1ccc(Br)cc1)SC. The summed E-state index contributed by atoms with van der Waals surface area (Å²) < 4.78 is 1.13. The van der Waals surface area contributed by atoms with Crippen molar-refractivity contribution in [3.63, 3.8) is 0 Å². The summed E-state index contributed by atoms with van der Waals surface area (Å²) in [6, 6.07) is 20.9. The highest BCUT2D eigenvalue weighted by atomic mass is 79.9. The first-order chi connectivity index (χ1) is 18.8. The molecule has 5 nitrogen and oxygen atoms in total. The second-order valence-corrected chi connectivity index (χ2v) is 12.6. The largest absolute Gasteiger partial charge is 0.366 e. The Balaban J connectivity index is 1.30. The fourth-order valence-electron chi connectivity index (χ4n) is 5.87. The first-order valence-corrected chi connectivity index (χ1v) is 16.1. The first kappa shape index (κ1) is 29.9. The van der Waals surface area contributed by atoms with Gasteiger partial charge in [0.2, 0.25) is 0 Å². The number of nitrogens with zero attached hydrogens (tertiary/aromatic N) is 4. The van der Waals surface area contributed by atoms with E-state index in [9.17, 15) is 0 Å². The van der Waals surface area contributed by atoms with Gasteiger partial charge in [0.25, 0.3) is 0 Å². The van der Waals surface area contributed by atoms with E-state index in [1.807, 2.05) is 0 Å². The number of piperazine rings is 1. The summed E-state index contributed by atoms with van der Waals surface area (Å²) >= 11 is 5.23. The number of aliphatic imine (C=N–C) groups is 1. The Morgan fingerprint density at radius 2 is 1.79 bits per heavy atom. The van der Waals surface area contributed by atoms with E-state index >= 15 is 0 Å². The van der Waals surface area contributed by atoms with Crippen LogP contribution in [0.25, 0.3) is 5.70 Å². The van der Waals surface area contributed by atoms with E-state index in [1.54, 1.807) is 11.8 Å². The van der Waals surface area contributed by atoms with Gasteiger partial charge in [0.1, 0.15) is 0 Å². The van der Waals surface area contributed by atoms with Crippen molar-refractivity contribution in [2.45, 2.75) is 57.8 Å². The molecule has 2 aliphatic rings. The first-order valence-electron chi connectivity index (χ1n) is 14.1. The molecule has 0 saturated carbocycles. The molecule has 1 N–H and O–H groups in total. The van der Waals surface area contributed by atoms with Gasteiger partial charge in [-0.15, -0.1) is 0 Å². The van der Waals surface area contributed by atoms with Crippen LogP contribution in [-0.4, -0.2) is 77.0 Å². The van der Waals surface area contributed by atoms with Crippen LogP contribution in [0.1, 0.15) is 50.8 Å². The fraction of sp³-hybridized carbons (Fsp3) is 0.469. The van der Waals surface area contributed by atoms with Gasteiger partial charge in [0.05, 0.1) is 6.54 Å². The number of benzene rings is 2. The average Bonchev–Trinajstić information content (AvgIpc) is 3.41. The maximum Gasteiger partial charge on any atom is 0.160 e. The average molecular weight is 611 g/mol. The van der Waals surface area contributed by atoms with Crippen LogP contribution >= 0.6 is 27.7 Å². The number of amidine groups is 1. The maximum atomic E-state index is 5.02. The molecule has 0 aromatic heterocycles. The van der Waals surface area contributed by atoms with Gasteiger partial charge >= 0.3 is 0 Å². The van der Waals surface area contributed by atoms with Gasteiger partial charge in [-0.05, 0) is 69.7 Å². The van der Waals surface area contributed by atoms with Crippen molar-refractivity contribution in [3.05, 3.63) is 89.1 Å². The molecule has 2 saturated heterocycles. The number of halogens is 1. The zero-order valence-electron chi connectivity index (χ0n) is 23.9. The van der Waals surface area contributed by atoms with Gasteiger partial charge in [-0.2, -0.15) is 0 Å². The molecular formula is C32H44BrN5S.